The Morgan fingerprint density at radius 1 is 1.16 bits per heavy atom. The summed E-state index contributed by atoms with van der Waals surface area (Å²) < 4.78 is 30.6. The Morgan fingerprint density at radius 2 is 1.88 bits per heavy atom. The van der Waals surface area contributed by atoms with E-state index in [4.69, 9.17) is 4.74 Å². The first-order valence-electron chi connectivity index (χ1n) is 11.1. The Morgan fingerprint density at radius 3 is 2.53 bits per heavy atom. The average molecular weight is 460 g/mol. The first-order valence-corrected chi connectivity index (χ1v) is 12.4. The van der Waals surface area contributed by atoms with Gasteiger partial charge in [-0.1, -0.05) is 25.1 Å². The fourth-order valence-electron chi connectivity index (χ4n) is 4.19. The fourth-order valence-corrected chi connectivity index (χ4v) is 4.53. The van der Waals surface area contributed by atoms with Crippen molar-refractivity contribution in [3.63, 3.8) is 0 Å². The molecule has 7 heteroatoms. The first-order chi connectivity index (χ1) is 15.4. The topological polar surface area (TPSA) is 40.3 Å². The number of rotatable bonds is 5. The Balaban J connectivity index is 0.000000165. The number of nitrogens with zero attached hydrogens (tertiary/aromatic N) is 1. The number of aromatic nitrogens is 1. The van der Waals surface area contributed by atoms with Crippen LogP contribution in [0.5, 0.6) is 5.75 Å². The van der Waals surface area contributed by atoms with E-state index in [1.807, 2.05) is 11.8 Å². The van der Waals surface area contributed by atoms with E-state index in [9.17, 15) is 8.78 Å². The summed E-state index contributed by atoms with van der Waals surface area (Å²) in [4.78, 5) is 6.22. The van der Waals surface area contributed by atoms with Gasteiger partial charge in [0.2, 0.25) is 0 Å². The molecule has 2 aliphatic rings. The number of halogens is 2. The zero-order chi connectivity index (χ0) is 22.7. The van der Waals surface area contributed by atoms with Gasteiger partial charge in [0.15, 0.2) is 0 Å². The molecule has 0 amide bonds. The number of benzene rings is 2. The van der Waals surface area contributed by atoms with Crippen LogP contribution < -0.4 is 10.1 Å². The molecule has 5 rings (SSSR count). The zero-order valence-electron chi connectivity index (χ0n) is 18.8. The molecule has 0 radical (unpaired) electrons. The molecule has 2 atom stereocenters. The fraction of sp³-hybridized carbons (Fsp3) is 0.440. The summed E-state index contributed by atoms with van der Waals surface area (Å²) in [6.45, 7) is 8.39. The molecule has 3 heterocycles. The van der Waals surface area contributed by atoms with Gasteiger partial charge in [-0.15, -0.1) is 0 Å². The van der Waals surface area contributed by atoms with Crippen LogP contribution in [0.4, 0.5) is 8.78 Å². The number of H-pyrrole nitrogens is 1. The normalized spacial score (nSPS) is 19.6. The van der Waals surface area contributed by atoms with Crippen molar-refractivity contribution in [2.24, 2.45) is 0 Å². The van der Waals surface area contributed by atoms with Crippen LogP contribution in [-0.4, -0.2) is 53.2 Å². The van der Waals surface area contributed by atoms with Gasteiger partial charge in [0.05, 0.1) is 0 Å². The van der Waals surface area contributed by atoms with E-state index in [0.717, 1.165) is 25.7 Å². The Hall–Kier alpha value is -2.09. The van der Waals surface area contributed by atoms with E-state index in [1.54, 1.807) is 0 Å². The third-order valence-electron chi connectivity index (χ3n) is 6.16. The highest BCUT2D eigenvalue weighted by Crippen LogP contribution is 2.30. The number of hydrogen-bond donors (Lipinski definition) is 2. The molecule has 2 N–H and O–H groups in total. The summed E-state index contributed by atoms with van der Waals surface area (Å²) >= 11 is 1.95. The van der Waals surface area contributed by atoms with Crippen molar-refractivity contribution in [2.75, 3.05) is 25.9 Å². The minimum absolute atomic E-state index is 0.0428. The van der Waals surface area contributed by atoms with Crippen LogP contribution in [0.2, 0.25) is 0 Å². The van der Waals surface area contributed by atoms with Gasteiger partial charge in [-0.2, -0.15) is 11.8 Å². The molecule has 0 spiro atoms. The molecule has 32 heavy (non-hydrogen) atoms. The summed E-state index contributed by atoms with van der Waals surface area (Å²) in [5.74, 6) is -0.964. The van der Waals surface area contributed by atoms with Gasteiger partial charge in [0.1, 0.15) is 23.5 Å². The average Bonchev–Trinajstić information content (AvgIpc) is 3.08. The van der Waals surface area contributed by atoms with Gasteiger partial charge in [-0.3, -0.25) is 4.90 Å². The van der Waals surface area contributed by atoms with E-state index >= 15 is 0 Å². The van der Waals surface area contributed by atoms with Gasteiger partial charge >= 0.3 is 0 Å². The van der Waals surface area contributed by atoms with E-state index < -0.39 is 11.6 Å². The van der Waals surface area contributed by atoms with Crippen LogP contribution in [0.3, 0.4) is 0 Å². The van der Waals surface area contributed by atoms with Crippen LogP contribution in [0, 0.1) is 11.6 Å². The van der Waals surface area contributed by atoms with E-state index in [-0.39, 0.29) is 11.9 Å². The number of para-hydroxylation sites is 1. The summed E-state index contributed by atoms with van der Waals surface area (Å²) in [5, 5.41) is 5.12. The quantitative estimate of drug-likeness (QED) is 0.565. The predicted octanol–water partition coefficient (Wildman–Crippen LogP) is 4.98. The molecule has 2 aromatic carbocycles. The van der Waals surface area contributed by atoms with Crippen molar-refractivity contribution in [1.82, 2.24) is 15.2 Å². The van der Waals surface area contributed by atoms with Gasteiger partial charge in [0, 0.05) is 72.3 Å². The lowest BCUT2D eigenvalue weighted by atomic mass is 9.97. The van der Waals surface area contributed by atoms with Gasteiger partial charge < -0.3 is 15.0 Å². The maximum atomic E-state index is 12.7. The molecule has 4 nitrogen and oxygen atoms in total. The lowest BCUT2D eigenvalue weighted by Crippen LogP contribution is -2.50. The monoisotopic (exact) mass is 459 g/mol. The van der Waals surface area contributed by atoms with Crippen LogP contribution >= 0.6 is 11.8 Å². The Kier molecular flexibility index (Phi) is 7.38. The van der Waals surface area contributed by atoms with Gasteiger partial charge in [0.25, 0.3) is 0 Å². The molecule has 1 saturated heterocycles. The molecule has 3 aromatic rings. The molecule has 172 valence electrons. The second-order valence-electron chi connectivity index (χ2n) is 8.66. The van der Waals surface area contributed by atoms with Crippen molar-refractivity contribution in [3.05, 3.63) is 65.4 Å². The second-order valence-corrected chi connectivity index (χ2v) is 9.94. The summed E-state index contributed by atoms with van der Waals surface area (Å²) in [6.07, 6.45) is 3.41. The van der Waals surface area contributed by atoms with Crippen molar-refractivity contribution in [1.29, 1.82) is 0 Å². The standard InChI is InChI=1S/C16H22N2S.C9H9F2NO/c1-11-8-14-13-6-4-5-7-15(13)17-16(14)10-18(11)9-12(2)19-3;10-6-1-7(11)3-8(2-6)13-9-4-12-5-9/h4-7,11-12,17H,8-10H2,1-3H3;1-3,9,12H,4-5H2/t11-,12?;/m1./s1. The highest BCUT2D eigenvalue weighted by atomic mass is 32.2. The Labute approximate surface area is 192 Å². The first kappa shape index (κ1) is 23.1. The molecular formula is C25H31F2N3OS. The van der Waals surface area contributed by atoms with Crippen LogP contribution in [0.25, 0.3) is 10.9 Å². The van der Waals surface area contributed by atoms with Crippen molar-refractivity contribution in [2.45, 2.75) is 44.2 Å². The summed E-state index contributed by atoms with van der Waals surface area (Å²) in [7, 11) is 0. The van der Waals surface area contributed by atoms with E-state index in [2.05, 4.69) is 59.6 Å². The minimum atomic E-state index is -0.609. The van der Waals surface area contributed by atoms with Gasteiger partial charge in [-0.25, -0.2) is 8.78 Å². The SMILES string of the molecule is CSC(C)CN1Cc2[nH]c3ccccc3c2C[C@H]1C.Fc1cc(F)cc(OC2CNC2)c1. The molecule has 2 aliphatic heterocycles. The number of fused-ring (bicyclic) bond motifs is 3. The number of nitrogens with one attached hydrogen (secondary N) is 2. The summed E-state index contributed by atoms with van der Waals surface area (Å²) in [5.41, 5.74) is 4.25. The second kappa shape index (κ2) is 10.2. The predicted molar refractivity (Wildman–Crippen MR) is 128 cm³/mol. The van der Waals surface area contributed by atoms with Crippen LogP contribution in [0.15, 0.2) is 42.5 Å². The number of aromatic amines is 1. The number of ether oxygens (including phenoxy) is 1. The van der Waals surface area contributed by atoms with Crippen LogP contribution in [0.1, 0.15) is 25.1 Å². The minimum Gasteiger partial charge on any atom is -0.488 e. The smallest absolute Gasteiger partial charge is 0.129 e. The van der Waals surface area contributed by atoms with Crippen molar-refractivity contribution >= 4 is 22.7 Å². The lowest BCUT2D eigenvalue weighted by molar-refractivity contribution is 0.141. The number of thioether (sulfide) groups is 1. The zero-order valence-corrected chi connectivity index (χ0v) is 19.6. The highest BCUT2D eigenvalue weighted by molar-refractivity contribution is 7.99. The lowest BCUT2D eigenvalue weighted by Gasteiger charge is -2.34. The molecular weight excluding hydrogens is 428 g/mol. The Bertz CT molecular complexity index is 1030. The third-order valence-corrected chi connectivity index (χ3v) is 7.12. The summed E-state index contributed by atoms with van der Waals surface area (Å²) in [6, 6.07) is 12.5. The van der Waals surface area contributed by atoms with Crippen LogP contribution in [-0.2, 0) is 13.0 Å². The molecule has 1 aromatic heterocycles. The largest absolute Gasteiger partial charge is 0.488 e. The maximum Gasteiger partial charge on any atom is 0.129 e. The molecule has 0 aliphatic carbocycles. The third kappa shape index (κ3) is 5.45. The van der Waals surface area contributed by atoms with E-state index in [1.165, 1.54) is 47.3 Å². The number of hydrogen-bond acceptors (Lipinski definition) is 4. The molecule has 0 saturated carbocycles. The highest BCUT2D eigenvalue weighted by Gasteiger charge is 2.26. The molecule has 1 unspecified atom stereocenters. The van der Waals surface area contributed by atoms with Crippen molar-refractivity contribution < 1.29 is 13.5 Å². The molecule has 0 bridgehead atoms. The maximum absolute atomic E-state index is 12.7. The van der Waals surface area contributed by atoms with Gasteiger partial charge in [-0.05, 0) is 31.2 Å². The van der Waals surface area contributed by atoms with E-state index in [0.29, 0.717) is 11.3 Å². The van der Waals surface area contributed by atoms with Crippen molar-refractivity contribution in [3.8, 4) is 5.75 Å². The molecule has 1 fully saturated rings.